The highest BCUT2D eigenvalue weighted by Gasteiger charge is 2.08. The number of benzene rings is 2. The first kappa shape index (κ1) is 19.9. The third-order valence-electron chi connectivity index (χ3n) is 4.12. The number of nitrogens with zero attached hydrogens (tertiary/aromatic N) is 2. The van der Waals surface area contributed by atoms with Crippen LogP contribution in [0.2, 0.25) is 0 Å². The van der Waals surface area contributed by atoms with E-state index in [-0.39, 0.29) is 0 Å². The monoisotopic (exact) mass is 394 g/mol. The Kier molecular flexibility index (Phi) is 6.47. The van der Waals surface area contributed by atoms with Crippen LogP contribution >= 0.6 is 0 Å². The Hall–Kier alpha value is -3.81. The lowest BCUT2D eigenvalue weighted by molar-refractivity contribution is 0.0601. The first-order valence-electron chi connectivity index (χ1n) is 8.86. The second kappa shape index (κ2) is 9.41. The molecule has 8 nitrogen and oxygen atoms in total. The second-order valence-electron chi connectivity index (χ2n) is 6.01. The molecule has 2 aromatic carbocycles. The Labute approximate surface area is 168 Å². The van der Waals surface area contributed by atoms with Crippen molar-refractivity contribution in [1.29, 1.82) is 0 Å². The van der Waals surface area contributed by atoms with Gasteiger partial charge in [0.05, 0.1) is 26.9 Å². The first-order valence-corrected chi connectivity index (χ1v) is 8.86. The topological polar surface area (TPSA) is 94.6 Å². The summed E-state index contributed by atoms with van der Waals surface area (Å²) in [6.07, 6.45) is 1.65. The molecule has 3 aromatic rings. The summed E-state index contributed by atoms with van der Waals surface area (Å²) >= 11 is 0. The van der Waals surface area contributed by atoms with Crippen LogP contribution in [0.3, 0.4) is 0 Å². The van der Waals surface area contributed by atoms with E-state index in [0.717, 1.165) is 5.56 Å². The van der Waals surface area contributed by atoms with Crippen molar-refractivity contribution in [2.24, 2.45) is 0 Å². The predicted molar refractivity (Wildman–Crippen MR) is 110 cm³/mol. The number of esters is 1. The average molecular weight is 394 g/mol. The number of anilines is 3. The van der Waals surface area contributed by atoms with Gasteiger partial charge in [-0.2, -0.15) is 4.98 Å². The van der Waals surface area contributed by atoms with Crippen molar-refractivity contribution in [1.82, 2.24) is 9.97 Å². The fourth-order valence-corrected chi connectivity index (χ4v) is 2.67. The molecule has 0 saturated heterocycles. The van der Waals surface area contributed by atoms with Crippen LogP contribution in [0.15, 0.2) is 54.7 Å². The van der Waals surface area contributed by atoms with Gasteiger partial charge in [-0.05, 0) is 42.0 Å². The summed E-state index contributed by atoms with van der Waals surface area (Å²) in [5, 5.41) is 6.34. The molecule has 0 amide bonds. The number of rotatable bonds is 8. The summed E-state index contributed by atoms with van der Waals surface area (Å²) in [6, 6.07) is 14.4. The SMILES string of the molecule is COC(=O)c1cccc(Nc2nccc(NCc3ccc(OC)c(OC)c3)n2)c1. The van der Waals surface area contributed by atoms with Gasteiger partial charge in [-0.3, -0.25) is 0 Å². The summed E-state index contributed by atoms with van der Waals surface area (Å²) in [5.74, 6) is 2.01. The number of hydrogen-bond acceptors (Lipinski definition) is 8. The Morgan fingerprint density at radius 1 is 1.00 bits per heavy atom. The molecule has 1 aromatic heterocycles. The van der Waals surface area contributed by atoms with Crippen LogP contribution in [0.4, 0.5) is 17.5 Å². The first-order chi connectivity index (χ1) is 14.1. The molecule has 0 bridgehead atoms. The highest BCUT2D eigenvalue weighted by molar-refractivity contribution is 5.90. The molecule has 3 rings (SSSR count). The minimum absolute atomic E-state index is 0.403. The molecule has 8 heteroatoms. The summed E-state index contributed by atoms with van der Waals surface area (Å²) in [6.45, 7) is 0.550. The molecule has 2 N–H and O–H groups in total. The van der Waals surface area contributed by atoms with E-state index < -0.39 is 5.97 Å². The molecule has 0 aliphatic rings. The lowest BCUT2D eigenvalue weighted by Gasteiger charge is -2.11. The van der Waals surface area contributed by atoms with Gasteiger partial charge < -0.3 is 24.8 Å². The molecular formula is C21H22N4O4. The van der Waals surface area contributed by atoms with E-state index in [9.17, 15) is 4.79 Å². The Balaban J connectivity index is 1.68. The van der Waals surface area contributed by atoms with Gasteiger partial charge in [0, 0.05) is 18.4 Å². The molecule has 0 atom stereocenters. The third kappa shape index (κ3) is 5.13. The number of carbonyl (C=O) groups excluding carboxylic acids is 1. The van der Waals surface area contributed by atoms with Crippen molar-refractivity contribution in [3.8, 4) is 11.5 Å². The number of nitrogens with one attached hydrogen (secondary N) is 2. The van der Waals surface area contributed by atoms with Crippen molar-refractivity contribution < 1.29 is 19.0 Å². The van der Waals surface area contributed by atoms with Crippen LogP contribution in [-0.2, 0) is 11.3 Å². The standard InChI is InChI=1S/C21H22N4O4/c1-27-17-8-7-14(11-18(17)28-2)13-23-19-9-10-22-21(25-19)24-16-6-4-5-15(12-16)20(26)29-3/h4-12H,13H2,1-3H3,(H2,22,23,24,25). The van der Waals surface area contributed by atoms with Crippen LogP contribution in [-0.4, -0.2) is 37.3 Å². The molecule has 0 fully saturated rings. The number of ether oxygens (including phenoxy) is 3. The van der Waals surface area contributed by atoms with Crippen molar-refractivity contribution in [2.75, 3.05) is 32.0 Å². The third-order valence-corrected chi connectivity index (χ3v) is 4.12. The van der Waals surface area contributed by atoms with Crippen LogP contribution in [0, 0.1) is 0 Å². The van der Waals surface area contributed by atoms with Crippen molar-refractivity contribution in [3.05, 3.63) is 65.9 Å². The molecule has 0 radical (unpaired) electrons. The molecule has 0 aliphatic heterocycles. The molecule has 150 valence electrons. The Bertz CT molecular complexity index is 994. The van der Waals surface area contributed by atoms with Gasteiger partial charge in [-0.25, -0.2) is 9.78 Å². The molecule has 0 aliphatic carbocycles. The van der Waals surface area contributed by atoms with Crippen LogP contribution < -0.4 is 20.1 Å². The van der Waals surface area contributed by atoms with Gasteiger partial charge in [0.15, 0.2) is 11.5 Å². The zero-order valence-electron chi connectivity index (χ0n) is 16.4. The van der Waals surface area contributed by atoms with E-state index in [1.54, 1.807) is 44.7 Å². The summed E-state index contributed by atoms with van der Waals surface area (Å²) in [5.41, 5.74) is 2.15. The van der Waals surface area contributed by atoms with Crippen LogP contribution in [0.5, 0.6) is 11.5 Å². The number of hydrogen-bond donors (Lipinski definition) is 2. The molecule has 29 heavy (non-hydrogen) atoms. The number of methoxy groups -OCH3 is 3. The molecule has 1 heterocycles. The second-order valence-corrected chi connectivity index (χ2v) is 6.01. The average Bonchev–Trinajstić information content (AvgIpc) is 2.77. The van der Waals surface area contributed by atoms with E-state index in [1.807, 2.05) is 24.3 Å². The quantitative estimate of drug-likeness (QED) is 0.559. The van der Waals surface area contributed by atoms with E-state index in [4.69, 9.17) is 14.2 Å². The molecular weight excluding hydrogens is 372 g/mol. The maximum absolute atomic E-state index is 11.7. The minimum Gasteiger partial charge on any atom is -0.493 e. The lowest BCUT2D eigenvalue weighted by Crippen LogP contribution is -2.05. The maximum atomic E-state index is 11.7. The highest BCUT2D eigenvalue weighted by Crippen LogP contribution is 2.27. The van der Waals surface area contributed by atoms with E-state index in [0.29, 0.717) is 41.1 Å². The molecule has 0 saturated carbocycles. The molecule has 0 spiro atoms. The Morgan fingerprint density at radius 2 is 1.83 bits per heavy atom. The maximum Gasteiger partial charge on any atom is 0.337 e. The summed E-state index contributed by atoms with van der Waals surface area (Å²) in [7, 11) is 4.55. The van der Waals surface area contributed by atoms with Gasteiger partial charge in [0.25, 0.3) is 0 Å². The summed E-state index contributed by atoms with van der Waals surface area (Å²) in [4.78, 5) is 20.3. The van der Waals surface area contributed by atoms with Gasteiger partial charge in [-0.15, -0.1) is 0 Å². The van der Waals surface area contributed by atoms with Crippen molar-refractivity contribution >= 4 is 23.4 Å². The lowest BCUT2D eigenvalue weighted by atomic mass is 10.2. The smallest absolute Gasteiger partial charge is 0.337 e. The van der Waals surface area contributed by atoms with Gasteiger partial charge in [0.2, 0.25) is 5.95 Å². The highest BCUT2D eigenvalue weighted by atomic mass is 16.5. The van der Waals surface area contributed by atoms with Crippen LogP contribution in [0.1, 0.15) is 15.9 Å². The van der Waals surface area contributed by atoms with Crippen molar-refractivity contribution in [3.63, 3.8) is 0 Å². The van der Waals surface area contributed by atoms with Crippen LogP contribution in [0.25, 0.3) is 0 Å². The summed E-state index contributed by atoms with van der Waals surface area (Å²) < 4.78 is 15.3. The number of carbonyl (C=O) groups is 1. The van der Waals surface area contributed by atoms with E-state index >= 15 is 0 Å². The fourth-order valence-electron chi connectivity index (χ4n) is 2.67. The van der Waals surface area contributed by atoms with E-state index in [2.05, 4.69) is 20.6 Å². The van der Waals surface area contributed by atoms with Gasteiger partial charge in [-0.1, -0.05) is 12.1 Å². The largest absolute Gasteiger partial charge is 0.493 e. The number of aromatic nitrogens is 2. The normalized spacial score (nSPS) is 10.2. The van der Waals surface area contributed by atoms with Crippen molar-refractivity contribution in [2.45, 2.75) is 6.54 Å². The predicted octanol–water partition coefficient (Wildman–Crippen LogP) is 3.64. The zero-order chi connectivity index (χ0) is 20.6. The zero-order valence-corrected chi connectivity index (χ0v) is 16.4. The molecule has 0 unspecified atom stereocenters. The Morgan fingerprint density at radius 3 is 2.59 bits per heavy atom. The minimum atomic E-state index is -0.403. The van der Waals surface area contributed by atoms with Gasteiger partial charge in [0.1, 0.15) is 5.82 Å². The van der Waals surface area contributed by atoms with Gasteiger partial charge >= 0.3 is 5.97 Å². The fraction of sp³-hybridized carbons (Fsp3) is 0.190. The van der Waals surface area contributed by atoms with E-state index in [1.165, 1.54) is 7.11 Å².